The standard InChI is InChI=1S/C29H19ClN2/c30-26-16-8-14-24(20-26)28-27(23-12-5-2-6-13-23)31-29(32-28)25-15-7-11-22(19-25)18-17-21-9-3-1-4-10-21/h1-16,19-20H,(H,31,32). The quantitative estimate of drug-likeness (QED) is 0.295. The molecule has 1 aromatic heterocycles. The second kappa shape index (κ2) is 8.98. The van der Waals surface area contributed by atoms with Gasteiger partial charge in [-0.25, -0.2) is 4.98 Å². The van der Waals surface area contributed by atoms with Gasteiger partial charge in [0.05, 0.1) is 11.4 Å². The summed E-state index contributed by atoms with van der Waals surface area (Å²) in [7, 11) is 0. The molecule has 1 N–H and O–H groups in total. The molecule has 2 nitrogen and oxygen atoms in total. The molecule has 0 radical (unpaired) electrons. The summed E-state index contributed by atoms with van der Waals surface area (Å²) >= 11 is 6.27. The fourth-order valence-corrected chi connectivity index (χ4v) is 3.77. The van der Waals surface area contributed by atoms with Gasteiger partial charge in [-0.2, -0.15) is 0 Å². The topological polar surface area (TPSA) is 28.7 Å². The smallest absolute Gasteiger partial charge is 0.138 e. The van der Waals surface area contributed by atoms with E-state index >= 15 is 0 Å². The predicted molar refractivity (Wildman–Crippen MR) is 132 cm³/mol. The minimum absolute atomic E-state index is 0.684. The molecule has 1 heterocycles. The van der Waals surface area contributed by atoms with Gasteiger partial charge in [-0.3, -0.25) is 0 Å². The molecule has 0 aliphatic rings. The summed E-state index contributed by atoms with van der Waals surface area (Å²) in [5.41, 5.74) is 6.78. The van der Waals surface area contributed by atoms with E-state index in [1.807, 2.05) is 91.0 Å². The van der Waals surface area contributed by atoms with Gasteiger partial charge in [0, 0.05) is 32.8 Å². The average Bonchev–Trinajstić information content (AvgIpc) is 3.30. The van der Waals surface area contributed by atoms with Crippen molar-refractivity contribution in [1.29, 1.82) is 0 Å². The third kappa shape index (κ3) is 4.34. The lowest BCUT2D eigenvalue weighted by atomic mass is 10.1. The molecular weight excluding hydrogens is 412 g/mol. The largest absolute Gasteiger partial charge is 0.337 e. The van der Waals surface area contributed by atoms with Gasteiger partial charge < -0.3 is 4.98 Å². The van der Waals surface area contributed by atoms with Crippen LogP contribution in [0.4, 0.5) is 0 Å². The van der Waals surface area contributed by atoms with Gasteiger partial charge in [0.1, 0.15) is 5.82 Å². The highest BCUT2D eigenvalue weighted by molar-refractivity contribution is 6.30. The lowest BCUT2D eigenvalue weighted by Crippen LogP contribution is -1.83. The van der Waals surface area contributed by atoms with Crippen LogP contribution in [0.2, 0.25) is 5.02 Å². The summed E-state index contributed by atoms with van der Waals surface area (Å²) in [6, 6.07) is 36.1. The van der Waals surface area contributed by atoms with E-state index in [1.54, 1.807) is 0 Å². The zero-order chi connectivity index (χ0) is 21.8. The van der Waals surface area contributed by atoms with Gasteiger partial charge in [-0.15, -0.1) is 0 Å². The Morgan fingerprint density at radius 1 is 0.594 bits per heavy atom. The Bertz CT molecular complexity index is 1420. The van der Waals surface area contributed by atoms with Crippen LogP contribution in [-0.4, -0.2) is 9.97 Å². The van der Waals surface area contributed by atoms with E-state index < -0.39 is 0 Å². The van der Waals surface area contributed by atoms with Crippen LogP contribution in [0.3, 0.4) is 0 Å². The molecule has 32 heavy (non-hydrogen) atoms. The second-order valence-electron chi connectivity index (χ2n) is 7.38. The van der Waals surface area contributed by atoms with E-state index in [1.165, 1.54) is 0 Å². The van der Waals surface area contributed by atoms with Gasteiger partial charge in [-0.1, -0.05) is 96.2 Å². The Balaban J connectivity index is 1.58. The summed E-state index contributed by atoms with van der Waals surface area (Å²) in [6.07, 6.45) is 0. The zero-order valence-electron chi connectivity index (χ0n) is 17.2. The van der Waals surface area contributed by atoms with Gasteiger partial charge >= 0.3 is 0 Å². The van der Waals surface area contributed by atoms with Crippen LogP contribution in [0.5, 0.6) is 0 Å². The number of nitrogens with one attached hydrogen (secondary N) is 1. The monoisotopic (exact) mass is 430 g/mol. The predicted octanol–water partition coefficient (Wildman–Crippen LogP) is 7.46. The van der Waals surface area contributed by atoms with Gasteiger partial charge in [0.25, 0.3) is 0 Å². The van der Waals surface area contributed by atoms with Crippen molar-refractivity contribution >= 4 is 11.6 Å². The fourth-order valence-electron chi connectivity index (χ4n) is 3.58. The van der Waals surface area contributed by atoms with Crippen molar-refractivity contribution in [2.45, 2.75) is 0 Å². The molecule has 0 bridgehead atoms. The van der Waals surface area contributed by atoms with Crippen LogP contribution >= 0.6 is 11.6 Å². The Morgan fingerprint density at radius 3 is 2.00 bits per heavy atom. The first-order valence-electron chi connectivity index (χ1n) is 10.4. The average molecular weight is 431 g/mol. The van der Waals surface area contributed by atoms with Crippen LogP contribution < -0.4 is 0 Å². The summed E-state index contributed by atoms with van der Waals surface area (Å²) in [5.74, 6) is 7.27. The minimum atomic E-state index is 0.684. The molecular formula is C29H19ClN2. The van der Waals surface area contributed by atoms with Crippen molar-refractivity contribution in [2.24, 2.45) is 0 Å². The van der Waals surface area contributed by atoms with Crippen molar-refractivity contribution in [3.05, 3.63) is 125 Å². The molecule has 152 valence electrons. The molecule has 0 aliphatic heterocycles. The lowest BCUT2D eigenvalue weighted by Gasteiger charge is -2.03. The Kier molecular flexibility index (Phi) is 5.58. The molecule has 4 aromatic carbocycles. The van der Waals surface area contributed by atoms with Crippen LogP contribution in [0.1, 0.15) is 11.1 Å². The number of hydrogen-bond donors (Lipinski definition) is 1. The maximum atomic E-state index is 6.27. The summed E-state index contributed by atoms with van der Waals surface area (Å²) in [4.78, 5) is 8.50. The first kappa shape index (κ1) is 19.9. The molecule has 5 rings (SSSR count). The fraction of sp³-hybridized carbons (Fsp3) is 0. The number of aromatic amines is 1. The molecule has 3 heteroatoms. The maximum absolute atomic E-state index is 6.27. The van der Waals surface area contributed by atoms with E-state index in [0.717, 1.165) is 45.0 Å². The summed E-state index contributed by atoms with van der Waals surface area (Å²) < 4.78 is 0. The molecule has 0 aliphatic carbocycles. The lowest BCUT2D eigenvalue weighted by molar-refractivity contribution is 1.31. The molecule has 0 fully saturated rings. The first-order chi connectivity index (χ1) is 15.8. The van der Waals surface area contributed by atoms with Gasteiger partial charge in [-0.05, 0) is 36.4 Å². The summed E-state index contributed by atoms with van der Waals surface area (Å²) in [6.45, 7) is 0. The number of benzene rings is 4. The number of rotatable bonds is 3. The highest BCUT2D eigenvalue weighted by atomic mass is 35.5. The molecule has 0 amide bonds. The molecule has 0 spiro atoms. The second-order valence-corrected chi connectivity index (χ2v) is 7.82. The summed E-state index contributed by atoms with van der Waals surface area (Å²) in [5, 5.41) is 0.684. The normalized spacial score (nSPS) is 10.4. The number of hydrogen-bond acceptors (Lipinski definition) is 1. The van der Waals surface area contributed by atoms with Gasteiger partial charge in [0.2, 0.25) is 0 Å². The van der Waals surface area contributed by atoms with E-state index in [2.05, 4.69) is 35.0 Å². The third-order valence-electron chi connectivity index (χ3n) is 5.13. The minimum Gasteiger partial charge on any atom is -0.337 e. The van der Waals surface area contributed by atoms with Gasteiger partial charge in [0.15, 0.2) is 0 Å². The van der Waals surface area contributed by atoms with E-state index in [4.69, 9.17) is 16.6 Å². The first-order valence-corrected chi connectivity index (χ1v) is 10.7. The van der Waals surface area contributed by atoms with Crippen LogP contribution in [0, 0.1) is 11.8 Å². The molecule has 0 saturated carbocycles. The third-order valence-corrected chi connectivity index (χ3v) is 5.36. The molecule has 0 saturated heterocycles. The van der Waals surface area contributed by atoms with Crippen LogP contribution in [0.15, 0.2) is 109 Å². The number of imidazole rings is 1. The maximum Gasteiger partial charge on any atom is 0.138 e. The van der Waals surface area contributed by atoms with Crippen LogP contribution in [-0.2, 0) is 0 Å². The number of nitrogens with zero attached hydrogens (tertiary/aromatic N) is 1. The van der Waals surface area contributed by atoms with E-state index in [9.17, 15) is 0 Å². The highest BCUT2D eigenvalue weighted by Gasteiger charge is 2.15. The van der Waals surface area contributed by atoms with Crippen molar-refractivity contribution in [3.63, 3.8) is 0 Å². The number of aromatic nitrogens is 2. The molecule has 0 unspecified atom stereocenters. The van der Waals surface area contributed by atoms with Crippen molar-refractivity contribution in [1.82, 2.24) is 9.97 Å². The highest BCUT2D eigenvalue weighted by Crippen LogP contribution is 2.34. The van der Waals surface area contributed by atoms with Crippen LogP contribution in [0.25, 0.3) is 33.9 Å². The number of halogens is 1. The SMILES string of the molecule is Clc1cccc(-c2nc(-c3cccc(C#Cc4ccccc4)c3)[nH]c2-c2ccccc2)c1. The Hall–Kier alpha value is -4.06. The molecule has 5 aromatic rings. The van der Waals surface area contributed by atoms with Crippen molar-refractivity contribution < 1.29 is 0 Å². The van der Waals surface area contributed by atoms with E-state index in [-0.39, 0.29) is 0 Å². The van der Waals surface area contributed by atoms with Crippen molar-refractivity contribution in [2.75, 3.05) is 0 Å². The number of H-pyrrole nitrogens is 1. The van der Waals surface area contributed by atoms with Crippen molar-refractivity contribution in [3.8, 4) is 45.7 Å². The van der Waals surface area contributed by atoms with E-state index in [0.29, 0.717) is 5.02 Å². The zero-order valence-corrected chi connectivity index (χ0v) is 18.0. The Labute approximate surface area is 192 Å². The molecule has 0 atom stereocenters. The Morgan fingerprint density at radius 2 is 1.22 bits per heavy atom.